The first-order chi connectivity index (χ1) is 8.27. The Morgan fingerprint density at radius 2 is 2.24 bits per heavy atom. The van der Waals surface area contributed by atoms with Crippen molar-refractivity contribution in [3.05, 3.63) is 46.8 Å². The normalized spacial score (nSPS) is 10.9. The van der Waals surface area contributed by atoms with Crippen LogP contribution in [0.2, 0.25) is 0 Å². The largest absolute Gasteiger partial charge is 0.330 e. The van der Waals surface area contributed by atoms with Crippen molar-refractivity contribution >= 4 is 11.0 Å². The number of fused-ring (bicyclic) bond motifs is 1. The van der Waals surface area contributed by atoms with Crippen LogP contribution in [0.25, 0.3) is 16.9 Å². The minimum atomic E-state index is -0.293. The van der Waals surface area contributed by atoms with Crippen LogP contribution in [0, 0.1) is 6.92 Å². The predicted octanol–water partition coefficient (Wildman–Crippen LogP) is 0.812. The van der Waals surface area contributed by atoms with Crippen molar-refractivity contribution in [3.8, 4) is 5.82 Å². The lowest BCUT2D eigenvalue weighted by molar-refractivity contribution is 0.852. The molecule has 3 heterocycles. The molecule has 0 atom stereocenters. The lowest BCUT2D eigenvalue weighted by Crippen LogP contribution is -2.07. The van der Waals surface area contributed by atoms with E-state index in [2.05, 4.69) is 20.1 Å². The lowest BCUT2D eigenvalue weighted by Gasteiger charge is -2.04. The number of aromatic amines is 1. The van der Waals surface area contributed by atoms with Gasteiger partial charge >= 0.3 is 0 Å². The maximum Gasteiger partial charge on any atom is 0.283 e. The number of nitrogens with zero attached hydrogens (tertiary/aromatic N) is 4. The number of aromatic nitrogens is 5. The van der Waals surface area contributed by atoms with Gasteiger partial charge in [-0.1, -0.05) is 6.07 Å². The van der Waals surface area contributed by atoms with E-state index >= 15 is 0 Å². The van der Waals surface area contributed by atoms with E-state index in [0.717, 1.165) is 5.56 Å². The van der Waals surface area contributed by atoms with Gasteiger partial charge in [-0.2, -0.15) is 14.8 Å². The molecule has 6 heteroatoms. The number of aryl methyl sites for hydroxylation is 1. The van der Waals surface area contributed by atoms with Crippen LogP contribution >= 0.6 is 0 Å². The van der Waals surface area contributed by atoms with Crippen LogP contribution in [0.15, 0.2) is 35.6 Å². The molecule has 0 radical (unpaired) electrons. The molecule has 0 aliphatic rings. The molecule has 6 nitrogen and oxygen atoms in total. The van der Waals surface area contributed by atoms with Gasteiger partial charge in [0.05, 0.1) is 12.5 Å². The molecule has 3 aromatic rings. The Morgan fingerprint density at radius 3 is 3.06 bits per heavy atom. The number of H-pyrrole nitrogens is 1. The summed E-state index contributed by atoms with van der Waals surface area (Å²) in [5.74, 6) is 0.698. The summed E-state index contributed by atoms with van der Waals surface area (Å²) in [6.45, 7) is 1.94. The molecule has 0 spiro atoms. The molecule has 0 bridgehead atoms. The van der Waals surface area contributed by atoms with Gasteiger partial charge in [-0.3, -0.25) is 4.79 Å². The molecule has 0 fully saturated rings. The molecule has 0 unspecified atom stereocenters. The molecular weight excluding hydrogens is 218 g/mol. The second-order valence-corrected chi connectivity index (χ2v) is 3.67. The Morgan fingerprint density at radius 1 is 1.35 bits per heavy atom. The Bertz CT molecular complexity index is 743. The van der Waals surface area contributed by atoms with Gasteiger partial charge in [0, 0.05) is 6.20 Å². The van der Waals surface area contributed by atoms with Crippen molar-refractivity contribution in [2.45, 2.75) is 6.92 Å². The van der Waals surface area contributed by atoms with Gasteiger partial charge in [0.2, 0.25) is 0 Å². The van der Waals surface area contributed by atoms with Gasteiger partial charge < -0.3 is 4.98 Å². The molecule has 0 aromatic carbocycles. The van der Waals surface area contributed by atoms with Crippen LogP contribution in [0.5, 0.6) is 0 Å². The molecule has 1 N–H and O–H groups in total. The topological polar surface area (TPSA) is 76.5 Å². The summed E-state index contributed by atoms with van der Waals surface area (Å²) in [6.07, 6.45) is 4.55. The molecule has 17 heavy (non-hydrogen) atoms. The maximum atomic E-state index is 11.5. The highest BCUT2D eigenvalue weighted by Crippen LogP contribution is 2.13. The Hall–Kier alpha value is -2.50. The van der Waals surface area contributed by atoms with Crippen molar-refractivity contribution in [1.82, 2.24) is 24.7 Å². The third kappa shape index (κ3) is 1.42. The van der Waals surface area contributed by atoms with E-state index in [-0.39, 0.29) is 5.56 Å². The quantitative estimate of drug-likeness (QED) is 0.667. The molecule has 0 aliphatic heterocycles. The van der Waals surface area contributed by atoms with Crippen LogP contribution in [0.3, 0.4) is 0 Å². The standard InChI is InChI=1S/C11H9N5O/c1-7-3-2-4-12-9(7)16-10-8(5-15-16)11(17)14-6-13-10/h2-6H,1H3,(H,13,14,17). The highest BCUT2D eigenvalue weighted by atomic mass is 16.1. The fraction of sp³-hybridized carbons (Fsp3) is 0.0909. The van der Waals surface area contributed by atoms with Gasteiger partial charge in [0.1, 0.15) is 11.0 Å². The second kappa shape index (κ2) is 3.51. The summed E-state index contributed by atoms with van der Waals surface area (Å²) in [4.78, 5) is 22.3. The van der Waals surface area contributed by atoms with Crippen LogP contribution < -0.4 is 5.56 Å². The number of rotatable bonds is 1. The molecular formula is C11H9N5O. The molecule has 0 saturated carbocycles. The smallest absolute Gasteiger partial charge is 0.283 e. The zero-order chi connectivity index (χ0) is 11.8. The lowest BCUT2D eigenvalue weighted by atomic mass is 10.3. The molecule has 84 valence electrons. The highest BCUT2D eigenvalue weighted by molar-refractivity contribution is 5.74. The summed E-state index contributed by atoms with van der Waals surface area (Å²) >= 11 is 0. The summed E-state index contributed by atoms with van der Waals surface area (Å²) in [7, 11) is 0. The fourth-order valence-electron chi connectivity index (χ4n) is 1.73. The Balaban J connectivity index is 2.36. The first-order valence-electron chi connectivity index (χ1n) is 5.11. The summed E-state index contributed by atoms with van der Waals surface area (Å²) < 4.78 is 1.60. The van der Waals surface area contributed by atoms with Gasteiger partial charge in [-0.15, -0.1) is 0 Å². The van der Waals surface area contributed by atoms with E-state index in [0.29, 0.717) is 16.9 Å². The third-order valence-electron chi connectivity index (χ3n) is 2.57. The van der Waals surface area contributed by atoms with Crippen LogP contribution in [-0.2, 0) is 0 Å². The number of nitrogens with one attached hydrogen (secondary N) is 1. The Labute approximate surface area is 96.0 Å². The van der Waals surface area contributed by atoms with Crippen molar-refractivity contribution in [3.63, 3.8) is 0 Å². The van der Waals surface area contributed by atoms with Crippen LogP contribution in [0.4, 0.5) is 0 Å². The molecule has 3 rings (SSSR count). The van der Waals surface area contributed by atoms with Crippen LogP contribution in [0.1, 0.15) is 5.56 Å². The van der Waals surface area contributed by atoms with E-state index in [1.807, 2.05) is 19.1 Å². The number of hydrogen-bond donors (Lipinski definition) is 1. The number of pyridine rings is 1. The monoisotopic (exact) mass is 227 g/mol. The van der Waals surface area contributed by atoms with Gasteiger partial charge in [-0.05, 0) is 18.6 Å². The van der Waals surface area contributed by atoms with Crippen molar-refractivity contribution in [2.24, 2.45) is 0 Å². The van der Waals surface area contributed by atoms with Gasteiger partial charge in [0.25, 0.3) is 5.56 Å². The third-order valence-corrected chi connectivity index (χ3v) is 2.57. The average molecular weight is 227 g/mol. The first kappa shape index (κ1) is 9.71. The van der Waals surface area contributed by atoms with Crippen molar-refractivity contribution in [2.75, 3.05) is 0 Å². The Kier molecular flexibility index (Phi) is 2.01. The molecule has 0 saturated heterocycles. The second-order valence-electron chi connectivity index (χ2n) is 3.67. The minimum Gasteiger partial charge on any atom is -0.330 e. The van der Waals surface area contributed by atoms with E-state index in [4.69, 9.17) is 0 Å². The fourth-order valence-corrected chi connectivity index (χ4v) is 1.73. The zero-order valence-electron chi connectivity index (χ0n) is 9.08. The SMILES string of the molecule is Cc1cccnc1-n1ncc2c(=O)nc[nH]c21. The summed E-state index contributed by atoms with van der Waals surface area (Å²) in [5.41, 5.74) is 1.29. The average Bonchev–Trinajstić information content (AvgIpc) is 2.75. The van der Waals surface area contributed by atoms with E-state index < -0.39 is 0 Å². The predicted molar refractivity (Wildman–Crippen MR) is 62.0 cm³/mol. The van der Waals surface area contributed by atoms with Crippen molar-refractivity contribution in [1.29, 1.82) is 0 Å². The molecule has 3 aromatic heterocycles. The number of hydrogen-bond acceptors (Lipinski definition) is 4. The maximum absolute atomic E-state index is 11.5. The van der Waals surface area contributed by atoms with Gasteiger partial charge in [-0.25, -0.2) is 4.98 Å². The molecule has 0 amide bonds. The van der Waals surface area contributed by atoms with E-state index in [1.54, 1.807) is 10.9 Å². The summed E-state index contributed by atoms with van der Waals surface area (Å²) in [6, 6.07) is 3.80. The highest BCUT2D eigenvalue weighted by Gasteiger charge is 2.10. The zero-order valence-corrected chi connectivity index (χ0v) is 9.08. The molecule has 0 aliphatic carbocycles. The van der Waals surface area contributed by atoms with Crippen molar-refractivity contribution < 1.29 is 0 Å². The minimum absolute atomic E-state index is 0.293. The van der Waals surface area contributed by atoms with E-state index in [9.17, 15) is 4.79 Å². The summed E-state index contributed by atoms with van der Waals surface area (Å²) in [5, 5.41) is 4.63. The first-order valence-corrected chi connectivity index (χ1v) is 5.11. The van der Waals surface area contributed by atoms with Crippen LogP contribution in [-0.4, -0.2) is 24.7 Å². The van der Waals surface area contributed by atoms with E-state index in [1.165, 1.54) is 12.5 Å². The van der Waals surface area contributed by atoms with Gasteiger partial charge in [0.15, 0.2) is 5.82 Å².